The van der Waals surface area contributed by atoms with Crippen molar-refractivity contribution in [3.05, 3.63) is 247 Å². The summed E-state index contributed by atoms with van der Waals surface area (Å²) in [4.78, 5) is 1.34. The minimum absolute atomic E-state index is 0.303. The molecule has 3 aliphatic rings. The zero-order valence-corrected chi connectivity index (χ0v) is 36.3. The van der Waals surface area contributed by atoms with Crippen LogP contribution in [0.5, 0.6) is 0 Å². The molecule has 0 saturated carbocycles. The summed E-state index contributed by atoms with van der Waals surface area (Å²) in [5.41, 5.74) is 11.7. The second-order valence-corrected chi connectivity index (χ2v) is 19.0. The van der Waals surface area contributed by atoms with Gasteiger partial charge in [-0.1, -0.05) is 182 Å². The zero-order chi connectivity index (χ0) is 42.6. The van der Waals surface area contributed by atoms with Crippen molar-refractivity contribution in [3.63, 3.8) is 0 Å². The summed E-state index contributed by atoms with van der Waals surface area (Å²) in [5, 5.41) is 16.6. The fourth-order valence-corrected chi connectivity index (χ4v) is 12.6. The molecule has 0 aliphatic heterocycles. The van der Waals surface area contributed by atoms with Crippen molar-refractivity contribution in [1.82, 2.24) is 0 Å². The Balaban J connectivity index is 0.922. The molecule has 10 aromatic carbocycles. The lowest BCUT2D eigenvalue weighted by molar-refractivity contribution is 0.618. The SMILES string of the molecule is C1=CC2=CC(c3sc4cc(-c5ccc6cc7cc(-c8cc9ccccc9c9ccccc89)ccc7cc6c5)ccc4c3-c3cc4ccccc4c4ccccc34)=C3C=CC=CC3C2C=C1. The van der Waals surface area contributed by atoms with Crippen molar-refractivity contribution in [1.29, 1.82) is 0 Å². The lowest BCUT2D eigenvalue weighted by Gasteiger charge is -2.33. The van der Waals surface area contributed by atoms with Crippen LogP contribution >= 0.6 is 11.3 Å². The molecule has 0 nitrogen and oxygen atoms in total. The number of rotatable bonds is 4. The summed E-state index contributed by atoms with van der Waals surface area (Å²) in [7, 11) is 0. The number of thiophene rings is 1. The van der Waals surface area contributed by atoms with Gasteiger partial charge in [-0.05, 0) is 158 Å². The van der Waals surface area contributed by atoms with Gasteiger partial charge in [-0.15, -0.1) is 11.3 Å². The summed E-state index contributed by atoms with van der Waals surface area (Å²) in [6.07, 6.45) is 20.8. The van der Waals surface area contributed by atoms with Gasteiger partial charge in [0.15, 0.2) is 0 Å². The van der Waals surface area contributed by atoms with E-state index in [4.69, 9.17) is 0 Å². The zero-order valence-electron chi connectivity index (χ0n) is 35.5. The second-order valence-electron chi connectivity index (χ2n) is 17.9. The van der Waals surface area contributed by atoms with Crippen molar-refractivity contribution in [2.24, 2.45) is 11.8 Å². The van der Waals surface area contributed by atoms with Crippen molar-refractivity contribution in [3.8, 4) is 33.4 Å². The van der Waals surface area contributed by atoms with E-state index in [0.29, 0.717) is 11.8 Å². The first-order valence-corrected chi connectivity index (χ1v) is 23.5. The number of allylic oxidation sites excluding steroid dienone is 12. The molecule has 302 valence electrons. The Morgan fingerprint density at radius 1 is 0.354 bits per heavy atom. The third-order valence-corrected chi connectivity index (χ3v) is 15.5. The van der Waals surface area contributed by atoms with E-state index in [0.717, 1.165) is 0 Å². The minimum Gasteiger partial charge on any atom is -0.134 e. The highest BCUT2D eigenvalue weighted by Crippen LogP contribution is 2.52. The summed E-state index contributed by atoms with van der Waals surface area (Å²) in [6.45, 7) is 0. The van der Waals surface area contributed by atoms with Crippen molar-refractivity contribution >= 4 is 91.6 Å². The molecule has 0 fully saturated rings. The average Bonchev–Trinajstić information content (AvgIpc) is 3.75. The smallest absolute Gasteiger partial charge is 0.0437 e. The summed E-state index contributed by atoms with van der Waals surface area (Å²) in [6, 6.07) is 66.1. The van der Waals surface area contributed by atoms with Crippen LogP contribution in [0.3, 0.4) is 0 Å². The number of hydrogen-bond acceptors (Lipinski definition) is 1. The van der Waals surface area contributed by atoms with Crippen molar-refractivity contribution in [2.45, 2.75) is 0 Å². The fraction of sp³-hybridized carbons (Fsp3) is 0.0312. The monoisotopic (exact) mass is 840 g/mol. The highest BCUT2D eigenvalue weighted by molar-refractivity contribution is 7.20. The van der Waals surface area contributed by atoms with E-state index in [1.807, 2.05) is 11.3 Å². The maximum absolute atomic E-state index is 2.49. The predicted octanol–water partition coefficient (Wildman–Crippen LogP) is 18.0. The van der Waals surface area contributed by atoms with Crippen molar-refractivity contribution in [2.75, 3.05) is 0 Å². The van der Waals surface area contributed by atoms with Crippen LogP contribution in [-0.4, -0.2) is 0 Å². The van der Waals surface area contributed by atoms with Gasteiger partial charge in [0.25, 0.3) is 0 Å². The molecule has 65 heavy (non-hydrogen) atoms. The molecule has 3 aliphatic carbocycles. The van der Waals surface area contributed by atoms with Crippen LogP contribution in [0.4, 0.5) is 0 Å². The summed E-state index contributed by atoms with van der Waals surface area (Å²) in [5.74, 6) is 0.653. The van der Waals surface area contributed by atoms with Crippen LogP contribution in [-0.2, 0) is 0 Å². The van der Waals surface area contributed by atoms with Gasteiger partial charge in [0.1, 0.15) is 0 Å². The van der Waals surface area contributed by atoms with Gasteiger partial charge in [-0.2, -0.15) is 0 Å². The maximum Gasteiger partial charge on any atom is 0.0437 e. The van der Waals surface area contributed by atoms with E-state index in [1.54, 1.807) is 0 Å². The first-order chi connectivity index (χ1) is 32.2. The van der Waals surface area contributed by atoms with Crippen LogP contribution in [0.15, 0.2) is 242 Å². The molecule has 1 heteroatoms. The number of fused-ring (bicyclic) bond motifs is 12. The van der Waals surface area contributed by atoms with Gasteiger partial charge in [-0.25, -0.2) is 0 Å². The molecule has 0 spiro atoms. The van der Waals surface area contributed by atoms with E-state index < -0.39 is 0 Å². The Morgan fingerprint density at radius 3 is 1.63 bits per heavy atom. The largest absolute Gasteiger partial charge is 0.134 e. The van der Waals surface area contributed by atoms with Crippen LogP contribution in [0.2, 0.25) is 0 Å². The van der Waals surface area contributed by atoms with E-state index in [-0.39, 0.29) is 0 Å². The maximum atomic E-state index is 2.49. The quantitative estimate of drug-likeness (QED) is 0.122. The first-order valence-electron chi connectivity index (χ1n) is 22.7. The third-order valence-electron chi connectivity index (χ3n) is 14.4. The molecule has 0 saturated heterocycles. The minimum atomic E-state index is 0.303. The van der Waals surface area contributed by atoms with Crippen molar-refractivity contribution < 1.29 is 0 Å². The molecule has 2 unspecified atom stereocenters. The molecule has 11 aromatic rings. The summed E-state index contributed by atoms with van der Waals surface area (Å²) < 4.78 is 1.30. The highest BCUT2D eigenvalue weighted by Gasteiger charge is 2.32. The van der Waals surface area contributed by atoms with E-state index in [9.17, 15) is 0 Å². The molecule has 0 N–H and O–H groups in total. The van der Waals surface area contributed by atoms with E-state index >= 15 is 0 Å². The highest BCUT2D eigenvalue weighted by atomic mass is 32.1. The number of hydrogen-bond donors (Lipinski definition) is 0. The molecule has 0 amide bonds. The van der Waals surface area contributed by atoms with Gasteiger partial charge in [0.2, 0.25) is 0 Å². The normalized spacial score (nSPS) is 16.7. The molecular weight excluding hydrogens is 801 g/mol. The Hall–Kier alpha value is -7.84. The van der Waals surface area contributed by atoms with Gasteiger partial charge in [0, 0.05) is 32.4 Å². The van der Waals surface area contributed by atoms with E-state index in [1.165, 1.54) is 130 Å². The average molecular weight is 841 g/mol. The Bertz CT molecular complexity index is 4060. The predicted molar refractivity (Wildman–Crippen MR) is 282 cm³/mol. The third kappa shape index (κ3) is 5.76. The standard InChI is InChI=1S/C64H40S/c1-4-16-49-43(13-1)35-59(55-22-10-7-19-52(49)55)46-28-27-41-32-47-31-39(25-26-40(47)33-48(41)34-46)42-29-30-58-62(38-42)65-64(61-37-45-15-3-6-18-51(45)54-21-9-12-24-57(54)61)63(58)60-36-44-14-2-5-17-50(44)53-20-8-11-23-56(53)60/h1-38,51,54H. The Morgan fingerprint density at radius 2 is 0.908 bits per heavy atom. The number of benzene rings is 10. The van der Waals surface area contributed by atoms with Gasteiger partial charge < -0.3 is 0 Å². The molecule has 0 radical (unpaired) electrons. The van der Waals surface area contributed by atoms with Crippen LogP contribution in [0.1, 0.15) is 4.88 Å². The molecule has 1 heterocycles. The van der Waals surface area contributed by atoms with Crippen LogP contribution in [0.25, 0.3) is 114 Å². The van der Waals surface area contributed by atoms with Gasteiger partial charge >= 0.3 is 0 Å². The van der Waals surface area contributed by atoms with Gasteiger partial charge in [-0.3, -0.25) is 0 Å². The fourth-order valence-electron chi connectivity index (χ4n) is 11.3. The van der Waals surface area contributed by atoms with Crippen LogP contribution in [0, 0.1) is 11.8 Å². The van der Waals surface area contributed by atoms with E-state index in [2.05, 4.69) is 231 Å². The molecule has 14 rings (SSSR count). The molecule has 1 aromatic heterocycles. The van der Waals surface area contributed by atoms with Crippen LogP contribution < -0.4 is 0 Å². The molecular formula is C64H40S. The topological polar surface area (TPSA) is 0 Å². The van der Waals surface area contributed by atoms with Gasteiger partial charge in [0.05, 0.1) is 0 Å². The first kappa shape index (κ1) is 36.6. The lowest BCUT2D eigenvalue weighted by Crippen LogP contribution is -2.21. The Kier molecular flexibility index (Phi) is 8.08. The molecule has 2 atom stereocenters. The Labute approximate surface area is 381 Å². The summed E-state index contributed by atoms with van der Waals surface area (Å²) >= 11 is 1.95. The second kappa shape index (κ2) is 14.3. The molecule has 0 bridgehead atoms. The lowest BCUT2D eigenvalue weighted by atomic mass is 9.71.